The highest BCUT2D eigenvalue weighted by atomic mass is 35.5. The molecule has 1 amide bonds. The minimum Gasteiger partial charge on any atom is -0.484 e. The fourth-order valence-corrected chi connectivity index (χ4v) is 3.21. The molecule has 8 heteroatoms. The lowest BCUT2D eigenvalue weighted by Crippen LogP contribution is -2.34. The quantitative estimate of drug-likeness (QED) is 0.748. The molecule has 1 aliphatic heterocycles. The van der Waals surface area contributed by atoms with Gasteiger partial charge in [0.2, 0.25) is 5.91 Å². The Hall–Kier alpha value is -2.12. The second-order valence-corrected chi connectivity index (χ2v) is 6.88. The van der Waals surface area contributed by atoms with Gasteiger partial charge in [-0.05, 0) is 69.0 Å². The maximum absolute atomic E-state index is 12.3. The average molecular weight is 395 g/mol. The van der Waals surface area contributed by atoms with Gasteiger partial charge in [-0.3, -0.25) is 4.79 Å². The molecule has 1 aromatic heterocycles. The van der Waals surface area contributed by atoms with E-state index in [1.165, 1.54) is 12.8 Å². The number of nitrogens with one attached hydrogen (secondary N) is 2. The first-order valence-electron chi connectivity index (χ1n) is 9.13. The molecule has 2 heterocycles. The molecule has 7 nitrogen and oxygen atoms in total. The lowest BCUT2D eigenvalue weighted by molar-refractivity contribution is -0.117. The van der Waals surface area contributed by atoms with Gasteiger partial charge in [-0.15, -0.1) is 12.4 Å². The van der Waals surface area contributed by atoms with Gasteiger partial charge in [-0.25, -0.2) is 0 Å². The fourth-order valence-electron chi connectivity index (χ4n) is 3.21. The van der Waals surface area contributed by atoms with Gasteiger partial charge in [0.05, 0.1) is 0 Å². The minimum absolute atomic E-state index is 0. The first-order valence-corrected chi connectivity index (χ1v) is 9.13. The molecule has 1 saturated heterocycles. The summed E-state index contributed by atoms with van der Waals surface area (Å²) >= 11 is 0. The molecule has 1 aromatic carbocycles. The van der Waals surface area contributed by atoms with Crippen molar-refractivity contribution in [2.75, 3.05) is 18.4 Å². The normalized spacial score (nSPS) is 17.6. The Kier molecular flexibility index (Phi) is 8.06. The summed E-state index contributed by atoms with van der Waals surface area (Å²) in [6.07, 6.45) is 2.94. The van der Waals surface area contributed by atoms with Crippen molar-refractivity contribution in [3.05, 3.63) is 36.0 Å². The lowest BCUT2D eigenvalue weighted by Gasteiger charge is -2.28. The second kappa shape index (κ2) is 10.3. The molecular weight excluding hydrogens is 368 g/mol. The van der Waals surface area contributed by atoms with Crippen molar-refractivity contribution in [2.45, 2.75) is 39.7 Å². The van der Waals surface area contributed by atoms with E-state index in [2.05, 4.69) is 27.7 Å². The molecule has 0 bridgehead atoms. The summed E-state index contributed by atoms with van der Waals surface area (Å²) in [6.45, 7) is 6.25. The van der Waals surface area contributed by atoms with Crippen LogP contribution in [0.15, 0.2) is 28.8 Å². The molecule has 0 spiro atoms. The number of carbonyl (C=O) groups excluding carboxylic acids is 1. The Labute approximate surface area is 165 Å². The number of nitrogens with zero attached hydrogens (tertiary/aromatic N) is 2. The third-order valence-electron chi connectivity index (χ3n) is 4.72. The highest BCUT2D eigenvalue weighted by molar-refractivity contribution is 5.90. The molecule has 0 radical (unpaired) electrons. The molecular formula is C19H27ClN4O3. The molecule has 27 heavy (non-hydrogen) atoms. The molecule has 3 rings (SSSR count). The van der Waals surface area contributed by atoms with E-state index in [1.54, 1.807) is 6.92 Å². The maximum atomic E-state index is 12.3. The number of amides is 1. The van der Waals surface area contributed by atoms with Crippen LogP contribution in [0.4, 0.5) is 5.69 Å². The SMILES string of the molecule is Cc1noc(COc2ccc(NC(=O)CC(C)C3CCCNC3)cc2)n1.Cl. The number of benzene rings is 1. The standard InChI is InChI=1S/C19H26N4O3.ClH/c1-13(15-4-3-9-20-11-15)10-18(24)22-16-5-7-17(8-6-16)25-12-19-21-14(2)23-26-19;/h5-8,13,15,20H,3-4,9-12H2,1-2H3,(H,22,24);1H. The Morgan fingerprint density at radius 2 is 2.19 bits per heavy atom. The van der Waals surface area contributed by atoms with E-state index in [1.807, 2.05) is 24.3 Å². The van der Waals surface area contributed by atoms with Gasteiger partial charge in [0.1, 0.15) is 5.75 Å². The molecule has 2 unspecified atom stereocenters. The van der Waals surface area contributed by atoms with Crippen molar-refractivity contribution in [2.24, 2.45) is 11.8 Å². The van der Waals surface area contributed by atoms with Crippen LogP contribution in [0.3, 0.4) is 0 Å². The summed E-state index contributed by atoms with van der Waals surface area (Å²) in [7, 11) is 0. The highest BCUT2D eigenvalue weighted by Crippen LogP contribution is 2.23. The van der Waals surface area contributed by atoms with E-state index < -0.39 is 0 Å². The van der Waals surface area contributed by atoms with Crippen molar-refractivity contribution < 1.29 is 14.1 Å². The number of rotatable bonds is 7. The first kappa shape index (κ1) is 21.2. The van der Waals surface area contributed by atoms with Crippen LogP contribution in [-0.4, -0.2) is 29.1 Å². The Morgan fingerprint density at radius 3 is 2.81 bits per heavy atom. The summed E-state index contributed by atoms with van der Waals surface area (Å²) in [5, 5.41) is 10.1. The summed E-state index contributed by atoms with van der Waals surface area (Å²) in [4.78, 5) is 16.4. The molecule has 2 aromatic rings. The number of aryl methyl sites for hydroxylation is 1. The second-order valence-electron chi connectivity index (χ2n) is 6.88. The van der Waals surface area contributed by atoms with Gasteiger partial charge < -0.3 is 19.9 Å². The molecule has 148 valence electrons. The number of piperidine rings is 1. The van der Waals surface area contributed by atoms with Crippen molar-refractivity contribution >= 4 is 24.0 Å². The van der Waals surface area contributed by atoms with Crippen molar-refractivity contribution in [3.8, 4) is 5.75 Å². The van der Waals surface area contributed by atoms with Crippen molar-refractivity contribution in [1.82, 2.24) is 15.5 Å². The molecule has 1 aliphatic rings. The zero-order valence-electron chi connectivity index (χ0n) is 15.7. The van der Waals surface area contributed by atoms with Gasteiger partial charge in [0.15, 0.2) is 12.4 Å². The predicted molar refractivity (Wildman–Crippen MR) is 105 cm³/mol. The Balaban J connectivity index is 0.00000261. The van der Waals surface area contributed by atoms with Crippen molar-refractivity contribution in [3.63, 3.8) is 0 Å². The highest BCUT2D eigenvalue weighted by Gasteiger charge is 2.22. The molecule has 2 N–H and O–H groups in total. The molecule has 1 fully saturated rings. The average Bonchev–Trinajstić information content (AvgIpc) is 3.07. The lowest BCUT2D eigenvalue weighted by atomic mass is 9.85. The van der Waals surface area contributed by atoms with E-state index in [0.29, 0.717) is 35.7 Å². The smallest absolute Gasteiger partial charge is 0.264 e. The van der Waals surface area contributed by atoms with E-state index in [0.717, 1.165) is 18.8 Å². The third-order valence-corrected chi connectivity index (χ3v) is 4.72. The maximum Gasteiger partial charge on any atom is 0.264 e. The van der Waals surface area contributed by atoms with Crippen LogP contribution in [0.1, 0.15) is 37.9 Å². The third kappa shape index (κ3) is 6.52. The minimum atomic E-state index is 0. The van der Waals surface area contributed by atoms with E-state index in [4.69, 9.17) is 9.26 Å². The van der Waals surface area contributed by atoms with Crippen LogP contribution in [-0.2, 0) is 11.4 Å². The zero-order chi connectivity index (χ0) is 18.4. The summed E-state index contributed by atoms with van der Waals surface area (Å²) in [6, 6.07) is 7.29. The summed E-state index contributed by atoms with van der Waals surface area (Å²) < 4.78 is 10.6. The number of halogens is 1. The summed E-state index contributed by atoms with van der Waals surface area (Å²) in [5.74, 6) is 2.71. The van der Waals surface area contributed by atoms with Crippen molar-refractivity contribution in [1.29, 1.82) is 0 Å². The van der Waals surface area contributed by atoms with Crippen LogP contribution < -0.4 is 15.4 Å². The van der Waals surface area contributed by atoms with Crippen LogP contribution in [0.25, 0.3) is 0 Å². The van der Waals surface area contributed by atoms with E-state index in [-0.39, 0.29) is 24.9 Å². The largest absolute Gasteiger partial charge is 0.484 e. The van der Waals surface area contributed by atoms with Crippen LogP contribution >= 0.6 is 12.4 Å². The van der Waals surface area contributed by atoms with Gasteiger partial charge in [0.25, 0.3) is 5.89 Å². The number of hydrogen-bond acceptors (Lipinski definition) is 6. The summed E-state index contributed by atoms with van der Waals surface area (Å²) in [5.41, 5.74) is 0.768. The molecule has 0 saturated carbocycles. The molecule has 0 aliphatic carbocycles. The van der Waals surface area contributed by atoms with Gasteiger partial charge in [0, 0.05) is 12.1 Å². The number of carbonyl (C=O) groups is 1. The number of aromatic nitrogens is 2. The van der Waals surface area contributed by atoms with Crippen LogP contribution in [0, 0.1) is 18.8 Å². The zero-order valence-corrected chi connectivity index (χ0v) is 16.6. The van der Waals surface area contributed by atoms with Gasteiger partial charge >= 0.3 is 0 Å². The number of anilines is 1. The topological polar surface area (TPSA) is 89.3 Å². The first-order chi connectivity index (χ1) is 12.6. The number of ether oxygens (including phenoxy) is 1. The van der Waals surface area contributed by atoms with E-state index in [9.17, 15) is 4.79 Å². The Bertz CT molecular complexity index is 714. The van der Waals surface area contributed by atoms with Gasteiger partial charge in [-0.1, -0.05) is 12.1 Å². The number of hydrogen-bond donors (Lipinski definition) is 2. The monoisotopic (exact) mass is 394 g/mol. The van der Waals surface area contributed by atoms with E-state index >= 15 is 0 Å². The molecule has 2 atom stereocenters. The fraction of sp³-hybridized carbons (Fsp3) is 0.526. The van der Waals surface area contributed by atoms with Gasteiger partial charge in [-0.2, -0.15) is 4.98 Å². The predicted octanol–water partition coefficient (Wildman–Crippen LogP) is 3.34. The van der Waals surface area contributed by atoms with Crippen LogP contribution in [0.5, 0.6) is 5.75 Å². The Morgan fingerprint density at radius 1 is 1.41 bits per heavy atom. The van der Waals surface area contributed by atoms with Crippen LogP contribution in [0.2, 0.25) is 0 Å².